The summed E-state index contributed by atoms with van der Waals surface area (Å²) in [5, 5.41) is 4.55. The largest absolute Gasteiger partial charge is 0.227 e. The van der Waals surface area contributed by atoms with Crippen LogP contribution in [-0.4, -0.2) is 19.9 Å². The van der Waals surface area contributed by atoms with Gasteiger partial charge in [0, 0.05) is 53.2 Å². The zero-order chi connectivity index (χ0) is 37.0. The summed E-state index contributed by atoms with van der Waals surface area (Å²) in [5.74, 6) is 1.40. The van der Waals surface area contributed by atoms with Crippen LogP contribution in [0.1, 0.15) is 0 Å². The molecule has 0 aliphatic heterocycles. The van der Waals surface area contributed by atoms with Crippen LogP contribution < -0.4 is 0 Å². The average molecular weight is 751 g/mol. The Hall–Kier alpha value is -6.86. The molecule has 0 aliphatic rings. The van der Waals surface area contributed by atoms with Crippen LogP contribution in [0.15, 0.2) is 182 Å². The number of thiophene rings is 2. The van der Waals surface area contributed by atoms with E-state index in [1.165, 1.54) is 20.2 Å². The van der Waals surface area contributed by atoms with Crippen LogP contribution in [0.3, 0.4) is 0 Å². The van der Waals surface area contributed by atoms with Crippen LogP contribution in [0.2, 0.25) is 0 Å². The number of hydrogen-bond acceptors (Lipinski definition) is 6. The molecular weight excluding hydrogens is 721 g/mol. The molecule has 7 aromatic carbocycles. The van der Waals surface area contributed by atoms with Gasteiger partial charge in [0.2, 0.25) is 0 Å². The van der Waals surface area contributed by atoms with E-state index in [1.807, 2.05) is 12.1 Å². The lowest BCUT2D eigenvalue weighted by Gasteiger charge is -2.17. The van der Waals surface area contributed by atoms with Gasteiger partial charge in [0.1, 0.15) is 9.66 Å². The fourth-order valence-corrected chi connectivity index (χ4v) is 10.0. The minimum Gasteiger partial charge on any atom is -0.227 e. The number of nitrogens with zero attached hydrogens (tertiary/aromatic N) is 4. The zero-order valence-corrected chi connectivity index (χ0v) is 31.6. The highest BCUT2D eigenvalue weighted by molar-refractivity contribution is 7.26. The first kappa shape index (κ1) is 32.6. The highest BCUT2D eigenvalue weighted by Gasteiger charge is 2.22. The molecule has 0 amide bonds. The third kappa shape index (κ3) is 5.41. The summed E-state index contributed by atoms with van der Waals surface area (Å²) in [6.07, 6.45) is 0. The summed E-state index contributed by atoms with van der Waals surface area (Å²) in [5.41, 5.74) is 10.3. The topological polar surface area (TPSA) is 51.6 Å². The van der Waals surface area contributed by atoms with Crippen molar-refractivity contribution >= 4 is 63.3 Å². The van der Waals surface area contributed by atoms with Crippen molar-refractivity contribution in [2.45, 2.75) is 0 Å². The Balaban J connectivity index is 1.11. The first-order chi connectivity index (χ1) is 27.8. The maximum absolute atomic E-state index is 5.38. The number of fused-ring (bicyclic) bond motifs is 6. The van der Waals surface area contributed by atoms with Gasteiger partial charge >= 0.3 is 0 Å². The second-order valence-corrected chi connectivity index (χ2v) is 15.8. The van der Waals surface area contributed by atoms with Gasteiger partial charge in [-0.05, 0) is 34.4 Å². The maximum Gasteiger partial charge on any atom is 0.162 e. The second-order valence-electron chi connectivity index (χ2n) is 13.7. The van der Waals surface area contributed by atoms with Crippen molar-refractivity contribution < 1.29 is 0 Å². The summed E-state index contributed by atoms with van der Waals surface area (Å²) >= 11 is 3.44. The normalized spacial score (nSPS) is 11.6. The van der Waals surface area contributed by atoms with Gasteiger partial charge in [-0.15, -0.1) is 22.7 Å². The smallest absolute Gasteiger partial charge is 0.162 e. The van der Waals surface area contributed by atoms with E-state index < -0.39 is 0 Å². The van der Waals surface area contributed by atoms with E-state index in [9.17, 15) is 0 Å². The molecule has 11 aromatic rings. The van der Waals surface area contributed by atoms with Crippen molar-refractivity contribution in [1.29, 1.82) is 0 Å². The quantitative estimate of drug-likeness (QED) is 0.170. The van der Waals surface area contributed by atoms with E-state index in [1.54, 1.807) is 22.7 Å². The summed E-state index contributed by atoms with van der Waals surface area (Å²) in [6.45, 7) is 0. The summed E-state index contributed by atoms with van der Waals surface area (Å²) < 4.78 is 2.40. The third-order valence-electron chi connectivity index (χ3n) is 10.4. The SMILES string of the molecule is c1ccc(-c2nc(-c3ccccc3-c3ccccc3-c3ccccc3-c3nc(-c4ccccc4)c4c(n3)sc3ccccc34)nc3sc4ccccc4c23)cc1. The van der Waals surface area contributed by atoms with Crippen LogP contribution in [0.5, 0.6) is 0 Å². The molecule has 0 radical (unpaired) electrons. The molecule has 11 rings (SSSR count). The fourth-order valence-electron chi connectivity index (χ4n) is 7.88. The fraction of sp³-hybridized carbons (Fsp3) is 0. The van der Waals surface area contributed by atoms with Gasteiger partial charge in [-0.2, -0.15) is 0 Å². The molecule has 0 spiro atoms. The van der Waals surface area contributed by atoms with E-state index in [2.05, 4.69) is 170 Å². The maximum atomic E-state index is 5.38. The molecule has 4 heterocycles. The molecular formula is C50H30N4S2. The lowest BCUT2D eigenvalue weighted by Crippen LogP contribution is -1.97. The van der Waals surface area contributed by atoms with Gasteiger partial charge < -0.3 is 0 Å². The Bertz CT molecular complexity index is 3040. The van der Waals surface area contributed by atoms with Gasteiger partial charge in [-0.1, -0.05) is 170 Å². The van der Waals surface area contributed by atoms with Crippen molar-refractivity contribution in [2.75, 3.05) is 0 Å². The number of benzene rings is 7. The van der Waals surface area contributed by atoms with Crippen molar-refractivity contribution in [1.82, 2.24) is 19.9 Å². The van der Waals surface area contributed by atoms with Gasteiger partial charge in [0.25, 0.3) is 0 Å². The predicted octanol–water partition coefficient (Wildman–Crippen LogP) is 14.0. The van der Waals surface area contributed by atoms with Gasteiger partial charge in [0.05, 0.1) is 11.4 Å². The zero-order valence-electron chi connectivity index (χ0n) is 29.9. The van der Waals surface area contributed by atoms with Gasteiger partial charge in [-0.3, -0.25) is 0 Å². The number of hydrogen-bond donors (Lipinski definition) is 0. The van der Waals surface area contributed by atoms with Crippen molar-refractivity contribution in [2.24, 2.45) is 0 Å². The van der Waals surface area contributed by atoms with Crippen LogP contribution in [-0.2, 0) is 0 Å². The summed E-state index contributed by atoms with van der Waals surface area (Å²) in [6, 6.07) is 63.6. The van der Waals surface area contributed by atoms with Crippen LogP contribution >= 0.6 is 22.7 Å². The Morgan fingerprint density at radius 2 is 0.607 bits per heavy atom. The van der Waals surface area contributed by atoms with Gasteiger partial charge in [-0.25, -0.2) is 19.9 Å². The highest BCUT2D eigenvalue weighted by atomic mass is 32.1. The van der Waals surface area contributed by atoms with E-state index in [-0.39, 0.29) is 0 Å². The molecule has 0 N–H and O–H groups in total. The molecule has 0 atom stereocenters. The molecule has 56 heavy (non-hydrogen) atoms. The van der Waals surface area contributed by atoms with Crippen LogP contribution in [0, 0.1) is 0 Å². The molecule has 0 bridgehead atoms. The highest BCUT2D eigenvalue weighted by Crippen LogP contribution is 2.45. The molecule has 4 nitrogen and oxygen atoms in total. The second kappa shape index (κ2) is 13.5. The summed E-state index contributed by atoms with van der Waals surface area (Å²) in [4.78, 5) is 23.3. The number of rotatable bonds is 6. The first-order valence-corrected chi connectivity index (χ1v) is 20.2. The molecule has 0 fully saturated rings. The lowest BCUT2D eigenvalue weighted by molar-refractivity contribution is 1.24. The van der Waals surface area contributed by atoms with Crippen molar-refractivity contribution in [3.63, 3.8) is 0 Å². The number of aromatic nitrogens is 4. The van der Waals surface area contributed by atoms with Crippen LogP contribution in [0.4, 0.5) is 0 Å². The monoisotopic (exact) mass is 750 g/mol. The predicted molar refractivity (Wildman–Crippen MR) is 236 cm³/mol. The molecule has 6 heteroatoms. The van der Waals surface area contributed by atoms with Crippen molar-refractivity contribution in [3.05, 3.63) is 182 Å². The molecule has 262 valence electrons. The lowest BCUT2D eigenvalue weighted by atomic mass is 9.89. The molecule has 0 aliphatic carbocycles. The standard InChI is InChI=1S/C50H30N4S2/c1-3-17-31(18-4-1)45-43-39-27-13-15-29-41(39)55-49(43)53-47(51-45)37-25-11-9-23-35(37)33-21-7-8-22-34(33)36-24-10-12-26-38(36)48-52-46(32-19-5-2-6-20-32)44-40-28-14-16-30-42(40)56-50(44)54-48/h1-30H. The van der Waals surface area contributed by atoms with E-state index in [0.717, 1.165) is 76.3 Å². The Morgan fingerprint density at radius 3 is 1.02 bits per heavy atom. The van der Waals surface area contributed by atoms with Gasteiger partial charge in [0.15, 0.2) is 11.6 Å². The van der Waals surface area contributed by atoms with Crippen LogP contribution in [0.25, 0.3) is 108 Å². The van der Waals surface area contributed by atoms with E-state index in [4.69, 9.17) is 19.9 Å². The minimum absolute atomic E-state index is 0.702. The molecule has 0 unspecified atom stereocenters. The average Bonchev–Trinajstić information content (AvgIpc) is 3.85. The molecule has 4 aromatic heterocycles. The Morgan fingerprint density at radius 1 is 0.286 bits per heavy atom. The Kier molecular flexibility index (Phi) is 7.83. The van der Waals surface area contributed by atoms with E-state index >= 15 is 0 Å². The van der Waals surface area contributed by atoms with E-state index in [0.29, 0.717) is 11.6 Å². The van der Waals surface area contributed by atoms with Crippen molar-refractivity contribution in [3.8, 4) is 67.5 Å². The Labute approximate surface area is 331 Å². The molecule has 0 saturated heterocycles. The third-order valence-corrected chi connectivity index (χ3v) is 12.5. The molecule has 0 saturated carbocycles. The minimum atomic E-state index is 0.702. The first-order valence-electron chi connectivity index (χ1n) is 18.6. The summed E-state index contributed by atoms with van der Waals surface area (Å²) in [7, 11) is 0.